The van der Waals surface area contributed by atoms with Gasteiger partial charge in [0, 0.05) is 0 Å². The zero-order valence-corrected chi connectivity index (χ0v) is 12.0. The first-order valence-electron chi connectivity index (χ1n) is 5.89. The summed E-state index contributed by atoms with van der Waals surface area (Å²) in [5.41, 5.74) is 1.55. The highest BCUT2D eigenvalue weighted by Crippen LogP contribution is 2.36. The molecule has 0 nitrogen and oxygen atoms in total. The van der Waals surface area contributed by atoms with E-state index in [0.717, 1.165) is 6.42 Å². The van der Waals surface area contributed by atoms with Crippen molar-refractivity contribution in [1.82, 2.24) is 0 Å². The molecular formula is C14H24Si. The molecule has 0 unspecified atom stereocenters. The van der Waals surface area contributed by atoms with Gasteiger partial charge in [-0.1, -0.05) is 70.2 Å². The standard InChI is InChI=1S/C14H24Si/c1-7-12-10-8-9-11-13(12)15(5,6)14(2,3)4/h8-11H,7H2,1-6H3. The van der Waals surface area contributed by atoms with Crippen molar-refractivity contribution in [2.24, 2.45) is 0 Å². The van der Waals surface area contributed by atoms with E-state index in [2.05, 4.69) is 65.1 Å². The average Bonchev–Trinajstić information content (AvgIpc) is 2.16. The number of rotatable bonds is 2. The Morgan fingerprint density at radius 3 is 2.07 bits per heavy atom. The van der Waals surface area contributed by atoms with Gasteiger partial charge >= 0.3 is 0 Å². The zero-order valence-electron chi connectivity index (χ0n) is 11.0. The van der Waals surface area contributed by atoms with Gasteiger partial charge in [-0.15, -0.1) is 0 Å². The van der Waals surface area contributed by atoms with Crippen LogP contribution in [-0.2, 0) is 6.42 Å². The molecule has 1 heteroatoms. The molecule has 0 fully saturated rings. The van der Waals surface area contributed by atoms with Gasteiger partial charge in [0.15, 0.2) is 0 Å². The van der Waals surface area contributed by atoms with Crippen molar-refractivity contribution in [2.45, 2.75) is 52.2 Å². The molecule has 0 aliphatic rings. The smallest absolute Gasteiger partial charge is 0.0650 e. The highest BCUT2D eigenvalue weighted by molar-refractivity contribution is 6.92. The molecule has 1 aromatic carbocycles. The SMILES string of the molecule is CCc1ccccc1[Si](C)(C)C(C)(C)C. The fourth-order valence-corrected chi connectivity index (χ4v) is 4.23. The molecular weight excluding hydrogens is 196 g/mol. The fraction of sp³-hybridized carbons (Fsp3) is 0.571. The van der Waals surface area contributed by atoms with E-state index in [4.69, 9.17) is 0 Å². The molecule has 0 N–H and O–H groups in total. The summed E-state index contributed by atoms with van der Waals surface area (Å²) in [4.78, 5) is 0. The van der Waals surface area contributed by atoms with Gasteiger partial charge in [-0.3, -0.25) is 0 Å². The van der Waals surface area contributed by atoms with Gasteiger partial charge < -0.3 is 0 Å². The predicted molar refractivity (Wildman–Crippen MR) is 72.7 cm³/mol. The topological polar surface area (TPSA) is 0 Å². The van der Waals surface area contributed by atoms with Crippen LogP contribution in [-0.4, -0.2) is 8.07 Å². The first kappa shape index (κ1) is 12.5. The second-order valence-corrected chi connectivity index (χ2v) is 11.2. The highest BCUT2D eigenvalue weighted by atomic mass is 28.3. The first-order valence-corrected chi connectivity index (χ1v) is 8.89. The Labute approximate surface area is 95.7 Å². The molecule has 1 rings (SSSR count). The molecule has 0 heterocycles. The molecule has 84 valence electrons. The summed E-state index contributed by atoms with van der Waals surface area (Å²) in [5, 5.41) is 2.07. The summed E-state index contributed by atoms with van der Waals surface area (Å²) in [6.45, 7) is 14.4. The molecule has 0 amide bonds. The molecule has 0 aliphatic carbocycles. The van der Waals surface area contributed by atoms with Crippen LogP contribution in [0.3, 0.4) is 0 Å². The van der Waals surface area contributed by atoms with E-state index in [0.29, 0.717) is 5.04 Å². The van der Waals surface area contributed by atoms with Crippen molar-refractivity contribution in [2.75, 3.05) is 0 Å². The molecule has 0 atom stereocenters. The van der Waals surface area contributed by atoms with Crippen molar-refractivity contribution in [1.29, 1.82) is 0 Å². The Hall–Kier alpha value is -0.563. The molecule has 1 aromatic rings. The largest absolute Gasteiger partial charge is 0.0862 e. The quantitative estimate of drug-likeness (QED) is 0.662. The normalized spacial score (nSPS) is 12.9. The molecule has 0 saturated heterocycles. The van der Waals surface area contributed by atoms with Crippen LogP contribution in [0, 0.1) is 0 Å². The summed E-state index contributed by atoms with van der Waals surface area (Å²) in [7, 11) is -1.35. The van der Waals surface area contributed by atoms with Crippen molar-refractivity contribution < 1.29 is 0 Å². The maximum atomic E-state index is 2.49. The lowest BCUT2D eigenvalue weighted by Gasteiger charge is -2.38. The molecule has 15 heavy (non-hydrogen) atoms. The van der Waals surface area contributed by atoms with Crippen LogP contribution in [0.25, 0.3) is 0 Å². The maximum Gasteiger partial charge on any atom is 0.0862 e. The maximum absolute atomic E-state index is 2.49. The third-order valence-corrected chi connectivity index (χ3v) is 9.53. The van der Waals surface area contributed by atoms with Gasteiger partial charge in [0.25, 0.3) is 0 Å². The Kier molecular flexibility index (Phi) is 3.44. The van der Waals surface area contributed by atoms with Crippen LogP contribution in [0.2, 0.25) is 18.1 Å². The minimum absolute atomic E-state index is 0.429. The van der Waals surface area contributed by atoms with E-state index in [9.17, 15) is 0 Å². The summed E-state index contributed by atoms with van der Waals surface area (Å²) < 4.78 is 0. The van der Waals surface area contributed by atoms with E-state index in [1.54, 1.807) is 10.8 Å². The summed E-state index contributed by atoms with van der Waals surface area (Å²) in [5.74, 6) is 0. The van der Waals surface area contributed by atoms with Crippen molar-refractivity contribution in [3.63, 3.8) is 0 Å². The Bertz CT molecular complexity index is 331. The van der Waals surface area contributed by atoms with E-state index < -0.39 is 8.07 Å². The van der Waals surface area contributed by atoms with Crippen LogP contribution >= 0.6 is 0 Å². The second kappa shape index (κ2) is 4.13. The number of aryl methyl sites for hydroxylation is 1. The van der Waals surface area contributed by atoms with E-state index in [1.807, 2.05) is 0 Å². The summed E-state index contributed by atoms with van der Waals surface area (Å²) >= 11 is 0. The Morgan fingerprint density at radius 1 is 1.07 bits per heavy atom. The van der Waals surface area contributed by atoms with Crippen molar-refractivity contribution in [3.8, 4) is 0 Å². The highest BCUT2D eigenvalue weighted by Gasteiger charge is 2.37. The van der Waals surface area contributed by atoms with Crippen LogP contribution in [0.1, 0.15) is 33.3 Å². The molecule has 0 radical (unpaired) electrons. The predicted octanol–water partition coefficient (Wildman–Crippen LogP) is 3.96. The molecule has 0 spiro atoms. The average molecular weight is 220 g/mol. The van der Waals surface area contributed by atoms with Crippen LogP contribution in [0.4, 0.5) is 0 Å². The molecule has 0 bridgehead atoms. The minimum atomic E-state index is -1.35. The first-order chi connectivity index (χ1) is 6.80. The molecule has 0 saturated carbocycles. The lowest BCUT2D eigenvalue weighted by Crippen LogP contribution is -2.50. The second-order valence-electron chi connectivity index (χ2n) is 5.89. The van der Waals surface area contributed by atoms with Gasteiger partial charge in [0.1, 0.15) is 0 Å². The van der Waals surface area contributed by atoms with E-state index >= 15 is 0 Å². The minimum Gasteiger partial charge on any atom is -0.0650 e. The van der Waals surface area contributed by atoms with Gasteiger partial charge in [-0.25, -0.2) is 0 Å². The van der Waals surface area contributed by atoms with Crippen LogP contribution in [0.15, 0.2) is 24.3 Å². The number of benzene rings is 1. The van der Waals surface area contributed by atoms with Crippen molar-refractivity contribution >= 4 is 13.3 Å². The number of hydrogen-bond acceptors (Lipinski definition) is 0. The molecule has 0 aliphatic heterocycles. The van der Waals surface area contributed by atoms with Gasteiger partial charge in [0.2, 0.25) is 0 Å². The summed E-state index contributed by atoms with van der Waals surface area (Å²) in [6.07, 6.45) is 1.16. The number of hydrogen-bond donors (Lipinski definition) is 0. The van der Waals surface area contributed by atoms with E-state index in [1.165, 1.54) is 0 Å². The van der Waals surface area contributed by atoms with Crippen LogP contribution < -0.4 is 5.19 Å². The van der Waals surface area contributed by atoms with Gasteiger partial charge in [0.05, 0.1) is 8.07 Å². The third kappa shape index (κ3) is 2.33. The third-order valence-electron chi connectivity index (χ3n) is 3.95. The lowest BCUT2D eigenvalue weighted by atomic mass is 10.2. The van der Waals surface area contributed by atoms with Crippen LogP contribution in [0.5, 0.6) is 0 Å². The summed E-state index contributed by atoms with van der Waals surface area (Å²) in [6, 6.07) is 8.98. The lowest BCUT2D eigenvalue weighted by molar-refractivity contribution is 0.729. The van der Waals surface area contributed by atoms with Gasteiger partial charge in [-0.2, -0.15) is 0 Å². The van der Waals surface area contributed by atoms with Crippen molar-refractivity contribution in [3.05, 3.63) is 29.8 Å². The zero-order chi connectivity index (χ0) is 11.7. The monoisotopic (exact) mass is 220 g/mol. The Balaban J connectivity index is 3.26. The van der Waals surface area contributed by atoms with Gasteiger partial charge in [-0.05, 0) is 17.0 Å². The molecule has 0 aromatic heterocycles. The Morgan fingerprint density at radius 2 is 1.60 bits per heavy atom. The fourth-order valence-electron chi connectivity index (χ4n) is 1.84. The van der Waals surface area contributed by atoms with E-state index in [-0.39, 0.29) is 0 Å².